The summed E-state index contributed by atoms with van der Waals surface area (Å²) in [4.78, 5) is 16.5. The monoisotopic (exact) mass is 349 g/mol. The van der Waals surface area contributed by atoms with Gasteiger partial charge in [0.1, 0.15) is 4.88 Å². The number of nitrogens with one attached hydrogen (secondary N) is 1. The first kappa shape index (κ1) is 17.7. The maximum absolute atomic E-state index is 11.7. The average Bonchev–Trinajstić information content (AvgIpc) is 3.04. The molecular formula is C16H19N3O4S. The van der Waals surface area contributed by atoms with Gasteiger partial charge in [-0.2, -0.15) is 5.10 Å². The minimum Gasteiger partial charge on any atom is -0.493 e. The van der Waals surface area contributed by atoms with Crippen LogP contribution in [-0.2, 0) is 11.2 Å². The van der Waals surface area contributed by atoms with E-state index in [1.165, 1.54) is 18.4 Å². The number of hydrazone groups is 1. The normalized spacial score (nSPS) is 10.7. The lowest BCUT2D eigenvalue weighted by atomic mass is 10.2. The first-order valence-electron chi connectivity index (χ1n) is 7.22. The highest BCUT2D eigenvalue weighted by atomic mass is 32.1. The second-order valence-electron chi connectivity index (χ2n) is 4.62. The van der Waals surface area contributed by atoms with E-state index >= 15 is 0 Å². The Morgan fingerprint density at radius 2 is 2.04 bits per heavy atom. The Balaban J connectivity index is 2.11. The predicted molar refractivity (Wildman–Crippen MR) is 93.6 cm³/mol. The van der Waals surface area contributed by atoms with E-state index < -0.39 is 0 Å². The summed E-state index contributed by atoms with van der Waals surface area (Å²) in [5, 5.41) is 4.67. The number of aromatic nitrogens is 1. The molecule has 0 fully saturated rings. The Kier molecular flexibility index (Phi) is 6.14. The lowest BCUT2D eigenvalue weighted by Gasteiger charge is -2.07. The van der Waals surface area contributed by atoms with Crippen LogP contribution < -0.4 is 14.9 Å². The number of hydrogen-bond donors (Lipinski definition) is 1. The molecule has 7 nitrogen and oxygen atoms in total. The van der Waals surface area contributed by atoms with Crippen molar-refractivity contribution in [3.63, 3.8) is 0 Å². The van der Waals surface area contributed by atoms with Crippen molar-refractivity contribution in [2.75, 3.05) is 26.8 Å². The van der Waals surface area contributed by atoms with Gasteiger partial charge in [-0.05, 0) is 30.2 Å². The molecule has 1 N–H and O–H groups in total. The zero-order chi connectivity index (χ0) is 17.5. The maximum atomic E-state index is 11.7. The summed E-state index contributed by atoms with van der Waals surface area (Å²) >= 11 is 1.21. The van der Waals surface area contributed by atoms with Crippen molar-refractivity contribution in [3.05, 3.63) is 34.3 Å². The van der Waals surface area contributed by atoms with Crippen LogP contribution in [0.3, 0.4) is 0 Å². The van der Waals surface area contributed by atoms with Gasteiger partial charge in [0.2, 0.25) is 5.13 Å². The maximum Gasteiger partial charge on any atom is 0.350 e. The summed E-state index contributed by atoms with van der Waals surface area (Å²) in [6.45, 7) is 1.93. The third kappa shape index (κ3) is 4.02. The van der Waals surface area contributed by atoms with Crippen molar-refractivity contribution in [2.24, 2.45) is 5.10 Å². The van der Waals surface area contributed by atoms with E-state index in [9.17, 15) is 4.79 Å². The molecule has 24 heavy (non-hydrogen) atoms. The number of nitrogens with zero attached hydrogens (tertiary/aromatic N) is 2. The fraction of sp³-hybridized carbons (Fsp3) is 0.312. The number of thiazole rings is 1. The van der Waals surface area contributed by atoms with Crippen molar-refractivity contribution in [1.82, 2.24) is 4.98 Å². The van der Waals surface area contributed by atoms with Crippen molar-refractivity contribution >= 4 is 28.7 Å². The summed E-state index contributed by atoms with van der Waals surface area (Å²) in [6.07, 6.45) is 2.27. The van der Waals surface area contributed by atoms with E-state index in [1.807, 2.05) is 19.1 Å². The molecule has 0 saturated carbocycles. The summed E-state index contributed by atoms with van der Waals surface area (Å²) in [7, 11) is 4.51. The highest BCUT2D eigenvalue weighted by molar-refractivity contribution is 7.17. The number of aryl methyl sites for hydroxylation is 1. The van der Waals surface area contributed by atoms with Crippen LogP contribution in [-0.4, -0.2) is 38.5 Å². The quantitative estimate of drug-likeness (QED) is 0.470. The zero-order valence-corrected chi connectivity index (χ0v) is 14.8. The van der Waals surface area contributed by atoms with Gasteiger partial charge in [0.05, 0.1) is 33.2 Å². The van der Waals surface area contributed by atoms with Gasteiger partial charge in [0.15, 0.2) is 11.5 Å². The van der Waals surface area contributed by atoms with Gasteiger partial charge < -0.3 is 14.2 Å². The van der Waals surface area contributed by atoms with Gasteiger partial charge in [0, 0.05) is 0 Å². The van der Waals surface area contributed by atoms with Gasteiger partial charge >= 0.3 is 5.97 Å². The lowest BCUT2D eigenvalue weighted by molar-refractivity contribution is 0.0605. The molecule has 0 amide bonds. The number of carbonyl (C=O) groups is 1. The van der Waals surface area contributed by atoms with Crippen LogP contribution in [0, 0.1) is 0 Å². The number of ether oxygens (including phenoxy) is 3. The van der Waals surface area contributed by atoms with Crippen LogP contribution in [0.1, 0.15) is 27.9 Å². The Labute approximate surface area is 144 Å². The zero-order valence-electron chi connectivity index (χ0n) is 14.0. The minimum atomic E-state index is -0.388. The Morgan fingerprint density at radius 1 is 1.29 bits per heavy atom. The molecule has 0 aliphatic heterocycles. The molecule has 2 rings (SSSR count). The smallest absolute Gasteiger partial charge is 0.350 e. The van der Waals surface area contributed by atoms with Crippen molar-refractivity contribution in [1.29, 1.82) is 0 Å². The molecule has 1 heterocycles. The van der Waals surface area contributed by atoms with E-state index in [0.29, 0.717) is 33.6 Å². The van der Waals surface area contributed by atoms with E-state index in [0.717, 1.165) is 5.56 Å². The number of methoxy groups -OCH3 is 3. The predicted octanol–water partition coefficient (Wildman–Crippen LogP) is 2.96. The SMILES string of the molecule is CCc1nc(N/N=C\c2ccc(OC)c(OC)c2)sc1C(=O)OC. The van der Waals surface area contributed by atoms with E-state index in [2.05, 4.69) is 15.5 Å². The van der Waals surface area contributed by atoms with E-state index in [4.69, 9.17) is 14.2 Å². The summed E-state index contributed by atoms with van der Waals surface area (Å²) in [5.41, 5.74) is 4.35. The number of benzene rings is 1. The molecule has 0 aliphatic carbocycles. The first-order valence-corrected chi connectivity index (χ1v) is 8.03. The summed E-state index contributed by atoms with van der Waals surface area (Å²) in [5.74, 6) is 0.885. The standard InChI is InChI=1S/C16H19N3O4S/c1-5-11-14(15(20)23-4)24-16(18-11)19-17-9-10-6-7-12(21-2)13(8-10)22-3/h6-9H,5H2,1-4H3,(H,18,19)/b17-9-. The molecule has 1 aromatic heterocycles. The average molecular weight is 349 g/mol. The Bertz CT molecular complexity index is 743. The van der Waals surface area contributed by atoms with Crippen molar-refractivity contribution in [2.45, 2.75) is 13.3 Å². The summed E-state index contributed by atoms with van der Waals surface area (Å²) < 4.78 is 15.2. The first-order chi connectivity index (χ1) is 11.6. The molecule has 1 aromatic carbocycles. The van der Waals surface area contributed by atoms with Crippen LogP contribution in [0.15, 0.2) is 23.3 Å². The van der Waals surface area contributed by atoms with Crippen LogP contribution in [0.2, 0.25) is 0 Å². The lowest BCUT2D eigenvalue weighted by Crippen LogP contribution is -2.01. The van der Waals surface area contributed by atoms with Gasteiger partial charge in [-0.3, -0.25) is 5.43 Å². The third-order valence-corrected chi connectivity index (χ3v) is 4.17. The molecule has 2 aromatic rings. The second-order valence-corrected chi connectivity index (χ2v) is 5.62. The van der Waals surface area contributed by atoms with Crippen LogP contribution in [0.5, 0.6) is 11.5 Å². The van der Waals surface area contributed by atoms with Gasteiger partial charge in [-0.15, -0.1) is 0 Å². The molecule has 0 bridgehead atoms. The molecular weight excluding hydrogens is 330 g/mol. The number of rotatable bonds is 7. The number of carbonyl (C=O) groups excluding carboxylic acids is 1. The number of hydrogen-bond acceptors (Lipinski definition) is 8. The number of esters is 1. The summed E-state index contributed by atoms with van der Waals surface area (Å²) in [6, 6.07) is 5.46. The fourth-order valence-corrected chi connectivity index (χ4v) is 2.91. The van der Waals surface area contributed by atoms with Crippen LogP contribution in [0.4, 0.5) is 5.13 Å². The Hall–Kier alpha value is -2.61. The van der Waals surface area contributed by atoms with Crippen molar-refractivity contribution in [3.8, 4) is 11.5 Å². The number of anilines is 1. The molecule has 0 aliphatic rings. The largest absolute Gasteiger partial charge is 0.493 e. The highest BCUT2D eigenvalue weighted by Crippen LogP contribution is 2.27. The van der Waals surface area contributed by atoms with Gasteiger partial charge in [0.25, 0.3) is 0 Å². The van der Waals surface area contributed by atoms with Crippen molar-refractivity contribution < 1.29 is 19.0 Å². The van der Waals surface area contributed by atoms with Gasteiger partial charge in [-0.1, -0.05) is 18.3 Å². The molecule has 0 radical (unpaired) electrons. The molecule has 0 atom stereocenters. The van der Waals surface area contributed by atoms with Gasteiger partial charge in [-0.25, -0.2) is 9.78 Å². The molecule has 128 valence electrons. The Morgan fingerprint density at radius 3 is 2.67 bits per heavy atom. The molecule has 8 heteroatoms. The van der Waals surface area contributed by atoms with E-state index in [1.54, 1.807) is 26.5 Å². The van der Waals surface area contributed by atoms with Crippen LogP contribution in [0.25, 0.3) is 0 Å². The molecule has 0 unspecified atom stereocenters. The van der Waals surface area contributed by atoms with Crippen LogP contribution >= 0.6 is 11.3 Å². The fourth-order valence-electron chi connectivity index (χ4n) is 1.99. The topological polar surface area (TPSA) is 82.0 Å². The minimum absolute atomic E-state index is 0.388. The molecule has 0 saturated heterocycles. The highest BCUT2D eigenvalue weighted by Gasteiger charge is 2.17. The molecule has 0 spiro atoms. The van der Waals surface area contributed by atoms with E-state index in [-0.39, 0.29) is 5.97 Å². The second kappa shape index (κ2) is 8.30. The third-order valence-electron chi connectivity index (χ3n) is 3.18.